The molecule has 0 spiro atoms. The molecule has 0 aromatic heterocycles. The average molecular weight is 231 g/mol. The summed E-state index contributed by atoms with van der Waals surface area (Å²) in [5.74, 6) is -0.259. The van der Waals surface area contributed by atoms with Crippen LogP contribution in [-0.2, 0) is 6.54 Å². The molecule has 1 aliphatic rings. The Hall–Kier alpha value is -0.640. The van der Waals surface area contributed by atoms with E-state index in [0.717, 1.165) is 25.2 Å². The monoisotopic (exact) mass is 230 g/mol. The fourth-order valence-electron chi connectivity index (χ4n) is 1.99. The Morgan fingerprint density at radius 3 is 2.73 bits per heavy atom. The molecule has 82 valence electrons. The lowest BCUT2D eigenvalue weighted by Gasteiger charge is -2.22. The summed E-state index contributed by atoms with van der Waals surface area (Å²) in [6.07, 6.45) is 0. The van der Waals surface area contributed by atoms with Crippen molar-refractivity contribution in [3.63, 3.8) is 0 Å². The van der Waals surface area contributed by atoms with E-state index in [1.54, 1.807) is 6.07 Å². The number of piperazine rings is 1. The van der Waals surface area contributed by atoms with Crippen molar-refractivity contribution in [1.82, 2.24) is 0 Å². The van der Waals surface area contributed by atoms with E-state index in [2.05, 4.69) is 5.32 Å². The van der Waals surface area contributed by atoms with Crippen LogP contribution in [0.1, 0.15) is 5.56 Å². The van der Waals surface area contributed by atoms with Crippen LogP contribution >= 0.6 is 11.6 Å². The summed E-state index contributed by atoms with van der Waals surface area (Å²) in [5.41, 5.74) is 1.05. The molecule has 4 heteroatoms. The largest absolute Gasteiger partial charge is 0.337 e. The second-order valence-corrected chi connectivity index (χ2v) is 4.44. The van der Waals surface area contributed by atoms with Crippen molar-refractivity contribution in [2.45, 2.75) is 6.54 Å². The lowest BCUT2D eigenvalue weighted by atomic mass is 10.2. The Labute approximate surface area is 94.0 Å². The summed E-state index contributed by atoms with van der Waals surface area (Å²) >= 11 is 5.99. The molecule has 15 heavy (non-hydrogen) atoms. The summed E-state index contributed by atoms with van der Waals surface area (Å²) < 4.78 is 12.8. The van der Waals surface area contributed by atoms with Crippen molar-refractivity contribution in [2.75, 3.05) is 26.2 Å². The average Bonchev–Trinajstić information content (AvgIpc) is 2.24. The van der Waals surface area contributed by atoms with Gasteiger partial charge in [0, 0.05) is 5.56 Å². The number of quaternary nitrogens is 2. The van der Waals surface area contributed by atoms with E-state index in [-0.39, 0.29) is 5.82 Å². The highest BCUT2D eigenvalue weighted by Gasteiger charge is 2.17. The van der Waals surface area contributed by atoms with Gasteiger partial charge in [-0.1, -0.05) is 11.6 Å². The first-order valence-electron chi connectivity index (χ1n) is 5.35. The first-order valence-corrected chi connectivity index (χ1v) is 5.72. The fraction of sp³-hybridized carbons (Fsp3) is 0.455. The molecule has 1 aromatic rings. The molecule has 1 aromatic carbocycles. The predicted molar refractivity (Wildman–Crippen MR) is 57.5 cm³/mol. The van der Waals surface area contributed by atoms with E-state index in [0.29, 0.717) is 5.02 Å². The minimum Gasteiger partial charge on any atom is -0.337 e. The quantitative estimate of drug-likeness (QED) is 0.680. The Balaban J connectivity index is 2.03. The second kappa shape index (κ2) is 4.92. The van der Waals surface area contributed by atoms with Crippen LogP contribution in [0.15, 0.2) is 18.2 Å². The van der Waals surface area contributed by atoms with Crippen molar-refractivity contribution in [3.8, 4) is 0 Å². The molecule has 1 aliphatic heterocycles. The molecule has 0 radical (unpaired) electrons. The lowest BCUT2D eigenvalue weighted by Crippen LogP contribution is -3.19. The highest BCUT2D eigenvalue weighted by atomic mass is 35.5. The third kappa shape index (κ3) is 2.91. The molecule has 1 heterocycles. The van der Waals surface area contributed by atoms with Gasteiger partial charge >= 0.3 is 0 Å². The smallest absolute Gasteiger partial charge is 0.127 e. The van der Waals surface area contributed by atoms with Gasteiger partial charge in [-0.25, -0.2) is 4.39 Å². The lowest BCUT2D eigenvalue weighted by molar-refractivity contribution is -0.958. The van der Waals surface area contributed by atoms with Crippen molar-refractivity contribution >= 4 is 11.6 Å². The molecule has 2 rings (SSSR count). The van der Waals surface area contributed by atoms with Gasteiger partial charge in [-0.2, -0.15) is 0 Å². The van der Waals surface area contributed by atoms with Gasteiger partial charge in [-0.05, 0) is 18.2 Å². The van der Waals surface area contributed by atoms with Crippen LogP contribution in [0.5, 0.6) is 0 Å². The number of hydrogen-bond acceptors (Lipinski definition) is 0. The normalized spacial score (nSPS) is 18.0. The summed E-state index contributed by atoms with van der Waals surface area (Å²) in [6, 6.07) is 4.67. The molecule has 0 atom stereocenters. The van der Waals surface area contributed by atoms with E-state index in [1.807, 2.05) is 0 Å². The van der Waals surface area contributed by atoms with Gasteiger partial charge in [0.05, 0.1) is 5.02 Å². The van der Waals surface area contributed by atoms with E-state index >= 15 is 0 Å². The zero-order valence-corrected chi connectivity index (χ0v) is 9.36. The minimum atomic E-state index is -0.259. The Bertz CT molecular complexity index is 337. The van der Waals surface area contributed by atoms with Crippen LogP contribution in [0.2, 0.25) is 5.02 Å². The van der Waals surface area contributed by atoms with E-state index in [9.17, 15) is 4.39 Å². The number of nitrogens with two attached hydrogens (primary N) is 1. The maximum Gasteiger partial charge on any atom is 0.127 e. The third-order valence-electron chi connectivity index (χ3n) is 2.86. The predicted octanol–water partition coefficient (Wildman–Crippen LogP) is -0.559. The van der Waals surface area contributed by atoms with Crippen LogP contribution in [0.4, 0.5) is 4.39 Å². The van der Waals surface area contributed by atoms with Crippen LogP contribution in [0, 0.1) is 5.82 Å². The molecular weight excluding hydrogens is 215 g/mol. The highest BCUT2D eigenvalue weighted by Crippen LogP contribution is 2.15. The van der Waals surface area contributed by atoms with Crippen LogP contribution < -0.4 is 10.2 Å². The number of hydrogen-bond donors (Lipinski definition) is 2. The summed E-state index contributed by atoms with van der Waals surface area (Å²) in [6.45, 7) is 5.58. The Morgan fingerprint density at radius 2 is 2.07 bits per heavy atom. The Kier molecular flexibility index (Phi) is 3.57. The van der Waals surface area contributed by atoms with Gasteiger partial charge in [0.25, 0.3) is 0 Å². The van der Waals surface area contributed by atoms with Crippen molar-refractivity contribution in [2.24, 2.45) is 0 Å². The number of nitrogens with one attached hydrogen (secondary N) is 1. The van der Waals surface area contributed by atoms with E-state index in [1.165, 1.54) is 30.1 Å². The number of rotatable bonds is 2. The van der Waals surface area contributed by atoms with Crippen LogP contribution in [0.25, 0.3) is 0 Å². The van der Waals surface area contributed by atoms with E-state index in [4.69, 9.17) is 11.6 Å². The van der Waals surface area contributed by atoms with Crippen LogP contribution in [-0.4, -0.2) is 26.2 Å². The topological polar surface area (TPSA) is 21.1 Å². The van der Waals surface area contributed by atoms with Crippen molar-refractivity contribution < 1.29 is 14.6 Å². The minimum absolute atomic E-state index is 0.259. The molecular formula is C11H16ClFN2+2. The molecule has 0 amide bonds. The number of benzene rings is 1. The first-order chi connectivity index (χ1) is 7.25. The SMILES string of the molecule is Fc1ccc(C[NH+]2CC[NH2+]CC2)c(Cl)c1. The van der Waals surface area contributed by atoms with Gasteiger partial charge in [0.1, 0.15) is 38.5 Å². The van der Waals surface area contributed by atoms with E-state index < -0.39 is 0 Å². The molecule has 0 aliphatic carbocycles. The van der Waals surface area contributed by atoms with Crippen molar-refractivity contribution in [3.05, 3.63) is 34.6 Å². The van der Waals surface area contributed by atoms with Gasteiger partial charge < -0.3 is 10.2 Å². The van der Waals surface area contributed by atoms with Gasteiger partial charge in [0.15, 0.2) is 0 Å². The molecule has 0 unspecified atom stereocenters. The third-order valence-corrected chi connectivity index (χ3v) is 3.21. The molecule has 1 fully saturated rings. The number of halogens is 2. The standard InChI is InChI=1S/C11H14ClFN2/c12-11-7-10(13)2-1-9(11)8-15-5-3-14-4-6-15/h1-2,7,14H,3-6,8H2/p+2. The maximum absolute atomic E-state index is 12.8. The molecule has 0 saturated carbocycles. The summed E-state index contributed by atoms with van der Waals surface area (Å²) in [7, 11) is 0. The maximum atomic E-state index is 12.8. The summed E-state index contributed by atoms with van der Waals surface area (Å²) in [4.78, 5) is 1.53. The highest BCUT2D eigenvalue weighted by molar-refractivity contribution is 6.31. The second-order valence-electron chi connectivity index (χ2n) is 4.03. The van der Waals surface area contributed by atoms with Gasteiger partial charge in [0.2, 0.25) is 0 Å². The zero-order chi connectivity index (χ0) is 10.7. The molecule has 0 bridgehead atoms. The molecule has 1 saturated heterocycles. The van der Waals surface area contributed by atoms with Crippen LogP contribution in [0.3, 0.4) is 0 Å². The van der Waals surface area contributed by atoms with Gasteiger partial charge in [-0.3, -0.25) is 0 Å². The summed E-state index contributed by atoms with van der Waals surface area (Å²) in [5, 5.41) is 2.88. The van der Waals surface area contributed by atoms with Crippen molar-refractivity contribution in [1.29, 1.82) is 0 Å². The molecule has 3 N–H and O–H groups in total. The Morgan fingerprint density at radius 1 is 1.33 bits per heavy atom. The fourth-order valence-corrected chi connectivity index (χ4v) is 2.23. The van der Waals surface area contributed by atoms with Gasteiger partial charge in [-0.15, -0.1) is 0 Å². The zero-order valence-electron chi connectivity index (χ0n) is 8.60. The first kappa shape index (κ1) is 10.9. The molecule has 2 nitrogen and oxygen atoms in total.